The lowest BCUT2D eigenvalue weighted by molar-refractivity contribution is -0.121. The largest absolute Gasteiger partial charge is 0.373 e. The molecule has 2 aromatic heterocycles. The summed E-state index contributed by atoms with van der Waals surface area (Å²) >= 11 is 0. The van der Waals surface area contributed by atoms with Gasteiger partial charge in [-0.2, -0.15) is 5.10 Å². The van der Waals surface area contributed by atoms with Crippen LogP contribution in [0.2, 0.25) is 0 Å². The van der Waals surface area contributed by atoms with Crippen LogP contribution >= 0.6 is 0 Å². The predicted octanol–water partition coefficient (Wildman–Crippen LogP) is 1.80. The predicted molar refractivity (Wildman–Crippen MR) is 82.6 cm³/mol. The number of nitrogens with one attached hydrogen (secondary N) is 1. The second-order valence-electron chi connectivity index (χ2n) is 6.23. The Morgan fingerprint density at radius 2 is 2.04 bits per heavy atom. The van der Waals surface area contributed by atoms with Crippen LogP contribution < -0.4 is 5.32 Å². The van der Waals surface area contributed by atoms with E-state index in [1.807, 2.05) is 13.2 Å². The van der Waals surface area contributed by atoms with Crippen molar-refractivity contribution in [1.82, 2.24) is 19.7 Å². The molecule has 1 aliphatic carbocycles. The molecule has 4 rings (SSSR count). The van der Waals surface area contributed by atoms with Gasteiger partial charge in [0.05, 0.1) is 36.3 Å². The first-order valence-corrected chi connectivity index (χ1v) is 7.93. The van der Waals surface area contributed by atoms with E-state index in [-0.39, 0.29) is 17.9 Å². The van der Waals surface area contributed by atoms with E-state index >= 15 is 0 Å². The minimum atomic E-state index is -0.240. The van der Waals surface area contributed by atoms with Gasteiger partial charge >= 0.3 is 0 Å². The Hall–Kier alpha value is -2.28. The van der Waals surface area contributed by atoms with Crippen molar-refractivity contribution in [3.63, 3.8) is 0 Å². The molecule has 1 N–H and O–H groups in total. The number of carbonyl (C=O) groups excluding carboxylic acids is 1. The van der Waals surface area contributed by atoms with Crippen LogP contribution in [0.15, 0.2) is 24.8 Å². The van der Waals surface area contributed by atoms with Crippen molar-refractivity contribution < 1.29 is 9.53 Å². The summed E-state index contributed by atoms with van der Waals surface area (Å²) in [6.07, 6.45) is 9.81. The molecule has 1 saturated heterocycles. The quantitative estimate of drug-likeness (QED) is 0.931. The number of aryl methyl sites for hydroxylation is 1. The number of anilines is 1. The second kappa shape index (κ2) is 5.73. The standard InChI is InChI=1S/C16H19N5O2/c1-21-9-11(6-19-21)14-13(4-5-23-14)16(22)20-12-7-17-15(18-8-12)10-2-3-10/h6-10,13-14H,2-5H2,1H3,(H,20,22)/t13-,14+/m0/s1. The molecule has 1 aliphatic heterocycles. The van der Waals surface area contributed by atoms with Crippen molar-refractivity contribution >= 4 is 11.6 Å². The van der Waals surface area contributed by atoms with E-state index in [4.69, 9.17) is 4.74 Å². The molecule has 0 spiro atoms. The minimum absolute atomic E-state index is 0.0564. The van der Waals surface area contributed by atoms with Crippen LogP contribution in [0.3, 0.4) is 0 Å². The van der Waals surface area contributed by atoms with Crippen molar-refractivity contribution in [3.05, 3.63) is 36.2 Å². The highest BCUT2D eigenvalue weighted by atomic mass is 16.5. The number of hydrogen-bond donors (Lipinski definition) is 1. The van der Waals surface area contributed by atoms with Crippen molar-refractivity contribution in [2.45, 2.75) is 31.3 Å². The first-order chi connectivity index (χ1) is 11.2. The van der Waals surface area contributed by atoms with Crippen LogP contribution in [-0.2, 0) is 16.6 Å². The van der Waals surface area contributed by atoms with Crippen molar-refractivity contribution in [1.29, 1.82) is 0 Å². The van der Waals surface area contributed by atoms with Crippen LogP contribution in [0.5, 0.6) is 0 Å². The van der Waals surface area contributed by atoms with Crippen molar-refractivity contribution in [2.75, 3.05) is 11.9 Å². The normalized spacial score (nSPS) is 23.9. The number of amides is 1. The lowest BCUT2D eigenvalue weighted by Crippen LogP contribution is -2.25. The second-order valence-corrected chi connectivity index (χ2v) is 6.23. The smallest absolute Gasteiger partial charge is 0.230 e. The molecule has 7 heteroatoms. The summed E-state index contributed by atoms with van der Waals surface area (Å²) in [4.78, 5) is 21.2. The Morgan fingerprint density at radius 1 is 1.26 bits per heavy atom. The summed E-state index contributed by atoms with van der Waals surface area (Å²) < 4.78 is 7.46. The molecule has 2 aromatic rings. The number of rotatable bonds is 4. The van der Waals surface area contributed by atoms with Crippen LogP contribution in [0.1, 0.15) is 42.7 Å². The van der Waals surface area contributed by atoms with Gasteiger partial charge in [0.2, 0.25) is 5.91 Å². The third kappa shape index (κ3) is 2.96. The third-order valence-electron chi connectivity index (χ3n) is 4.36. The molecular weight excluding hydrogens is 294 g/mol. The van der Waals surface area contributed by atoms with Gasteiger partial charge in [0.1, 0.15) is 5.82 Å². The number of nitrogens with zero attached hydrogens (tertiary/aromatic N) is 4. The molecule has 0 aromatic carbocycles. The van der Waals surface area contributed by atoms with E-state index < -0.39 is 0 Å². The Labute approximate surface area is 134 Å². The molecule has 0 unspecified atom stereocenters. The summed E-state index contributed by atoms with van der Waals surface area (Å²) in [5, 5.41) is 7.06. The Bertz CT molecular complexity index is 708. The molecule has 2 fully saturated rings. The summed E-state index contributed by atoms with van der Waals surface area (Å²) in [6.45, 7) is 0.578. The van der Waals surface area contributed by atoms with Gasteiger partial charge in [-0.25, -0.2) is 9.97 Å². The van der Waals surface area contributed by atoms with E-state index in [2.05, 4.69) is 20.4 Å². The van der Waals surface area contributed by atoms with E-state index in [0.29, 0.717) is 24.6 Å². The van der Waals surface area contributed by atoms with E-state index in [0.717, 1.165) is 24.2 Å². The van der Waals surface area contributed by atoms with Gasteiger partial charge in [-0.05, 0) is 19.3 Å². The summed E-state index contributed by atoms with van der Waals surface area (Å²) in [7, 11) is 1.85. The Kier molecular flexibility index (Phi) is 3.57. The average molecular weight is 313 g/mol. The van der Waals surface area contributed by atoms with E-state index in [1.54, 1.807) is 23.3 Å². The lowest BCUT2D eigenvalue weighted by atomic mass is 9.96. The molecular formula is C16H19N5O2. The van der Waals surface area contributed by atoms with Crippen molar-refractivity contribution in [2.24, 2.45) is 13.0 Å². The molecule has 23 heavy (non-hydrogen) atoms. The van der Waals surface area contributed by atoms with Gasteiger partial charge in [0.15, 0.2) is 0 Å². The maximum atomic E-state index is 12.6. The molecule has 0 bridgehead atoms. The van der Waals surface area contributed by atoms with Gasteiger partial charge in [0, 0.05) is 31.3 Å². The number of ether oxygens (including phenoxy) is 1. The van der Waals surface area contributed by atoms with Gasteiger partial charge in [-0.3, -0.25) is 9.48 Å². The maximum absolute atomic E-state index is 12.6. The molecule has 1 amide bonds. The highest BCUT2D eigenvalue weighted by molar-refractivity contribution is 5.92. The fourth-order valence-electron chi connectivity index (χ4n) is 2.96. The molecule has 120 valence electrons. The van der Waals surface area contributed by atoms with Gasteiger partial charge in [-0.15, -0.1) is 0 Å². The monoisotopic (exact) mass is 313 g/mol. The van der Waals surface area contributed by atoms with Crippen LogP contribution in [0.25, 0.3) is 0 Å². The fourth-order valence-corrected chi connectivity index (χ4v) is 2.96. The maximum Gasteiger partial charge on any atom is 0.230 e. The molecule has 2 atom stereocenters. The van der Waals surface area contributed by atoms with E-state index in [1.165, 1.54) is 0 Å². The molecule has 0 radical (unpaired) electrons. The number of aromatic nitrogens is 4. The van der Waals surface area contributed by atoms with Gasteiger partial charge in [0.25, 0.3) is 0 Å². The highest BCUT2D eigenvalue weighted by Crippen LogP contribution is 2.38. The highest BCUT2D eigenvalue weighted by Gasteiger charge is 2.36. The van der Waals surface area contributed by atoms with Crippen molar-refractivity contribution in [3.8, 4) is 0 Å². The fraction of sp³-hybridized carbons (Fsp3) is 0.500. The van der Waals surface area contributed by atoms with Gasteiger partial charge in [-0.1, -0.05) is 0 Å². The van der Waals surface area contributed by atoms with Crippen LogP contribution in [0.4, 0.5) is 5.69 Å². The van der Waals surface area contributed by atoms with E-state index in [9.17, 15) is 4.79 Å². The van der Waals surface area contributed by atoms with Crippen LogP contribution in [0, 0.1) is 5.92 Å². The molecule has 1 saturated carbocycles. The summed E-state index contributed by atoms with van der Waals surface area (Å²) in [5.74, 6) is 1.11. The van der Waals surface area contributed by atoms with Gasteiger partial charge < -0.3 is 10.1 Å². The molecule has 3 heterocycles. The Balaban J connectivity index is 1.45. The first kappa shape index (κ1) is 14.3. The number of hydrogen-bond acceptors (Lipinski definition) is 5. The number of carbonyl (C=O) groups is 1. The molecule has 2 aliphatic rings. The Morgan fingerprint density at radius 3 is 2.70 bits per heavy atom. The molecule has 7 nitrogen and oxygen atoms in total. The zero-order valence-electron chi connectivity index (χ0n) is 13.0. The summed E-state index contributed by atoms with van der Waals surface area (Å²) in [5.41, 5.74) is 1.57. The average Bonchev–Trinajstić information content (AvgIpc) is 3.12. The zero-order valence-corrected chi connectivity index (χ0v) is 13.0. The minimum Gasteiger partial charge on any atom is -0.373 e. The first-order valence-electron chi connectivity index (χ1n) is 7.93. The topological polar surface area (TPSA) is 81.9 Å². The SMILES string of the molecule is Cn1cc([C@H]2OCC[C@@H]2C(=O)Nc2cnc(C3CC3)nc2)cn1. The van der Waals surface area contributed by atoms with Crippen LogP contribution in [-0.4, -0.2) is 32.3 Å². The lowest BCUT2D eigenvalue weighted by Gasteiger charge is -2.16. The summed E-state index contributed by atoms with van der Waals surface area (Å²) in [6, 6.07) is 0. The zero-order chi connectivity index (χ0) is 15.8. The third-order valence-corrected chi connectivity index (χ3v) is 4.36.